The number of rotatable bonds is 10. The highest BCUT2D eigenvalue weighted by Gasteiger charge is 2.15. The van der Waals surface area contributed by atoms with Crippen molar-refractivity contribution in [3.63, 3.8) is 0 Å². The van der Waals surface area contributed by atoms with Gasteiger partial charge in [0.05, 0.1) is 17.6 Å². The zero-order valence-corrected chi connectivity index (χ0v) is 22.9. The number of ether oxygens (including phenoxy) is 1. The number of benzene rings is 2. The second-order valence-electron chi connectivity index (χ2n) is 8.82. The summed E-state index contributed by atoms with van der Waals surface area (Å²) in [7, 11) is 4.10. The molecular weight excluding hydrogens is 488 g/mol. The normalized spacial score (nSPS) is 10.6. The smallest absolute Gasteiger partial charge is 0.241 e. The molecule has 9 nitrogen and oxygen atoms in total. The zero-order valence-electron chi connectivity index (χ0n) is 22.1. The Hall–Kier alpha value is -3.15. The molecule has 1 heterocycles. The van der Waals surface area contributed by atoms with Crippen molar-refractivity contribution in [2.45, 2.75) is 37.5 Å². The van der Waals surface area contributed by atoms with Crippen LogP contribution in [0.15, 0.2) is 59.6 Å². The molecule has 0 bridgehead atoms. The second kappa shape index (κ2) is 15.2. The van der Waals surface area contributed by atoms with Gasteiger partial charge in [-0.25, -0.2) is 4.98 Å². The summed E-state index contributed by atoms with van der Waals surface area (Å²) >= 11 is 1.81. The van der Waals surface area contributed by atoms with Gasteiger partial charge in [0.25, 0.3) is 0 Å². The quantitative estimate of drug-likeness (QED) is 0.156. The summed E-state index contributed by atoms with van der Waals surface area (Å²) in [6, 6.07) is 15.8. The summed E-state index contributed by atoms with van der Waals surface area (Å²) in [4.78, 5) is 12.4. The molecule has 1 aromatic heterocycles. The van der Waals surface area contributed by atoms with E-state index in [0.29, 0.717) is 27.9 Å². The SMILES string of the molecule is Cc1ncc(-c2ccc(SC(C)C)cc2)nc1C(=N)OC(=N)c1ccc(CNCCN(C)C)cc1.O.O.[HH].[HH]. The Morgan fingerprint density at radius 1 is 1.03 bits per heavy atom. The Labute approximate surface area is 226 Å². The lowest BCUT2D eigenvalue weighted by molar-refractivity contribution is 0.400. The summed E-state index contributed by atoms with van der Waals surface area (Å²) in [6.45, 7) is 8.76. The molecule has 0 unspecified atom stereocenters. The van der Waals surface area contributed by atoms with Crippen molar-refractivity contribution in [1.29, 1.82) is 10.8 Å². The Bertz CT molecular complexity index is 1160. The Kier molecular flexibility index (Phi) is 13.1. The van der Waals surface area contributed by atoms with E-state index < -0.39 is 0 Å². The fourth-order valence-electron chi connectivity index (χ4n) is 3.30. The maximum atomic E-state index is 8.43. The molecule has 0 saturated carbocycles. The van der Waals surface area contributed by atoms with Crippen LogP contribution in [-0.4, -0.2) is 70.1 Å². The number of thioether (sulfide) groups is 1. The molecule has 3 rings (SSSR count). The molecule has 0 saturated heterocycles. The standard InChI is InChI=1S/C27H34N6OS.2H2O.2H2/c1-18(2)35-23-12-10-21(11-13-23)24-17-31-19(3)25(32-24)27(29)34-26(28)22-8-6-20(7-9-22)16-30-14-15-33(4)5;;;;/h6-13,17-18,28-30H,14-16H2,1-5H3;2*1H2;2*1H. The van der Waals surface area contributed by atoms with E-state index in [9.17, 15) is 0 Å². The fraction of sp³-hybridized carbons (Fsp3) is 0.333. The third-order valence-corrected chi connectivity index (χ3v) is 6.19. The van der Waals surface area contributed by atoms with Crippen molar-refractivity contribution < 1.29 is 18.5 Å². The topological polar surface area (TPSA) is 161 Å². The molecule has 7 N–H and O–H groups in total. The van der Waals surface area contributed by atoms with Crippen LogP contribution in [0.25, 0.3) is 11.3 Å². The van der Waals surface area contributed by atoms with E-state index in [1.54, 1.807) is 24.9 Å². The van der Waals surface area contributed by atoms with Gasteiger partial charge < -0.3 is 25.9 Å². The lowest BCUT2D eigenvalue weighted by Gasteiger charge is -2.12. The molecule has 0 spiro atoms. The van der Waals surface area contributed by atoms with E-state index in [1.807, 2.05) is 50.5 Å². The first-order valence-electron chi connectivity index (χ1n) is 11.6. The summed E-state index contributed by atoms with van der Waals surface area (Å²) in [5.74, 6) is -0.285. The number of aromatic nitrogens is 2. The number of aryl methyl sites for hydroxylation is 1. The minimum absolute atomic E-state index is 0. The predicted octanol–water partition coefficient (Wildman–Crippen LogP) is 3.81. The number of nitrogens with zero attached hydrogens (tertiary/aromatic N) is 3. The van der Waals surface area contributed by atoms with Crippen LogP contribution in [0.2, 0.25) is 0 Å². The van der Waals surface area contributed by atoms with Crippen molar-refractivity contribution >= 4 is 23.6 Å². The van der Waals surface area contributed by atoms with Gasteiger partial charge in [-0.15, -0.1) is 11.8 Å². The molecule has 37 heavy (non-hydrogen) atoms. The monoisotopic (exact) mass is 530 g/mol. The van der Waals surface area contributed by atoms with Crippen molar-refractivity contribution in [1.82, 2.24) is 20.2 Å². The molecule has 204 valence electrons. The van der Waals surface area contributed by atoms with Crippen LogP contribution in [-0.2, 0) is 11.3 Å². The second-order valence-corrected chi connectivity index (χ2v) is 10.5. The fourth-order valence-corrected chi connectivity index (χ4v) is 4.14. The Morgan fingerprint density at radius 2 is 1.68 bits per heavy atom. The van der Waals surface area contributed by atoms with Crippen LogP contribution in [0.1, 0.15) is 39.2 Å². The van der Waals surface area contributed by atoms with Crippen LogP contribution in [0, 0.1) is 17.7 Å². The lowest BCUT2D eigenvalue weighted by Crippen LogP contribution is -2.26. The first-order valence-corrected chi connectivity index (χ1v) is 12.5. The zero-order chi connectivity index (χ0) is 25.4. The van der Waals surface area contributed by atoms with Crippen LogP contribution in [0.4, 0.5) is 0 Å². The van der Waals surface area contributed by atoms with Gasteiger partial charge in [-0.1, -0.05) is 38.1 Å². The lowest BCUT2D eigenvalue weighted by atomic mass is 10.1. The average Bonchev–Trinajstić information content (AvgIpc) is 2.82. The number of hydrogen-bond acceptors (Lipinski definition) is 8. The van der Waals surface area contributed by atoms with Gasteiger partial charge in [0.15, 0.2) is 0 Å². The highest BCUT2D eigenvalue weighted by atomic mass is 32.2. The third-order valence-electron chi connectivity index (χ3n) is 5.18. The maximum Gasteiger partial charge on any atom is 0.241 e. The van der Waals surface area contributed by atoms with Gasteiger partial charge in [-0.05, 0) is 50.8 Å². The van der Waals surface area contributed by atoms with Gasteiger partial charge in [-0.3, -0.25) is 15.8 Å². The van der Waals surface area contributed by atoms with Gasteiger partial charge >= 0.3 is 0 Å². The predicted molar refractivity (Wildman–Crippen MR) is 156 cm³/mol. The van der Waals surface area contributed by atoms with Crippen LogP contribution >= 0.6 is 11.8 Å². The molecule has 3 aromatic rings. The molecule has 0 aliphatic heterocycles. The summed E-state index contributed by atoms with van der Waals surface area (Å²) in [5, 5.41) is 20.7. The first-order chi connectivity index (χ1) is 16.7. The molecule has 10 heteroatoms. The summed E-state index contributed by atoms with van der Waals surface area (Å²) < 4.78 is 5.56. The van der Waals surface area contributed by atoms with E-state index >= 15 is 0 Å². The van der Waals surface area contributed by atoms with Crippen molar-refractivity contribution in [2.24, 2.45) is 0 Å². The molecular formula is C27H42N6O3S. The highest BCUT2D eigenvalue weighted by molar-refractivity contribution is 7.99. The van der Waals surface area contributed by atoms with E-state index in [0.717, 1.165) is 30.8 Å². The average molecular weight is 531 g/mol. The van der Waals surface area contributed by atoms with Crippen molar-refractivity contribution in [3.8, 4) is 11.3 Å². The largest absolute Gasteiger partial charge is 0.419 e. The van der Waals surface area contributed by atoms with Crippen LogP contribution < -0.4 is 5.32 Å². The van der Waals surface area contributed by atoms with E-state index in [4.69, 9.17) is 15.6 Å². The summed E-state index contributed by atoms with van der Waals surface area (Å²) in [5.41, 5.74) is 4.23. The van der Waals surface area contributed by atoms with Crippen LogP contribution in [0.5, 0.6) is 0 Å². The van der Waals surface area contributed by atoms with Gasteiger partial charge in [0, 0.05) is 43.8 Å². The molecule has 2 aromatic carbocycles. The van der Waals surface area contributed by atoms with Crippen molar-refractivity contribution in [2.75, 3.05) is 27.2 Å². The van der Waals surface area contributed by atoms with E-state index in [1.165, 1.54) is 4.90 Å². The molecule has 0 radical (unpaired) electrons. The van der Waals surface area contributed by atoms with Gasteiger partial charge in [0.2, 0.25) is 11.8 Å². The van der Waals surface area contributed by atoms with Gasteiger partial charge in [0.1, 0.15) is 5.69 Å². The molecule has 0 aliphatic carbocycles. The molecule has 0 fully saturated rings. The van der Waals surface area contributed by atoms with Crippen LogP contribution in [0.3, 0.4) is 0 Å². The Balaban J connectivity index is 0. The molecule has 0 aliphatic rings. The first kappa shape index (κ1) is 31.9. The molecule has 0 atom stereocenters. The minimum Gasteiger partial charge on any atom is -0.419 e. The molecule has 0 amide bonds. The van der Waals surface area contributed by atoms with E-state index in [2.05, 4.69) is 46.2 Å². The van der Waals surface area contributed by atoms with E-state index in [-0.39, 0.29) is 25.6 Å². The number of nitrogens with one attached hydrogen (secondary N) is 3. The minimum atomic E-state index is -0.191. The maximum absolute atomic E-state index is 8.43. The number of likely N-dealkylation sites (N-methyl/N-ethyl adjacent to an activating group) is 1. The Morgan fingerprint density at radius 3 is 2.27 bits per heavy atom. The van der Waals surface area contributed by atoms with Crippen molar-refractivity contribution in [3.05, 3.63) is 77.2 Å². The summed E-state index contributed by atoms with van der Waals surface area (Å²) in [6.07, 6.45) is 1.70. The van der Waals surface area contributed by atoms with Gasteiger partial charge in [-0.2, -0.15) is 0 Å². The third kappa shape index (κ3) is 9.67. The number of hydrogen-bond donors (Lipinski definition) is 3. The highest BCUT2D eigenvalue weighted by Crippen LogP contribution is 2.26.